The number of rotatable bonds is 103. The second kappa shape index (κ2) is 106. The van der Waals surface area contributed by atoms with Gasteiger partial charge in [-0.15, -0.1) is 0 Å². The van der Waals surface area contributed by atoms with Crippen molar-refractivity contribution in [1.29, 1.82) is 0 Å². The quantitative estimate of drug-likeness (QED) is 0.0146. The molecule has 0 saturated carbocycles. The maximum Gasteiger partial charge on any atom is 0.472 e. The number of carbonyl (C=O) groups excluding carboxylic acids is 3. The first kappa shape index (κ1) is 128. The molecule has 0 saturated heterocycles. The van der Waals surface area contributed by atoms with Gasteiger partial charge in [-0.2, -0.15) is 0 Å². The second-order valence-electron chi connectivity index (χ2n) is 36.4. The van der Waals surface area contributed by atoms with Crippen molar-refractivity contribution in [3.05, 3.63) is 170 Å². The maximum absolute atomic E-state index is 13.2. The predicted octanol–water partition coefficient (Wildman–Crippen LogP) is 34.9. The average molecular weight is 1900 g/mol. The third kappa shape index (κ3) is 107. The minimum absolute atomic E-state index is 0.104. The van der Waals surface area contributed by atoms with Crippen molar-refractivity contribution < 1.29 is 75.8 Å². The highest BCUT2D eigenvalue weighted by Gasteiger charge is 2.30. The van der Waals surface area contributed by atoms with Crippen LogP contribution in [0.2, 0.25) is 0 Å². The first-order valence-electron chi connectivity index (χ1n) is 54.4. The lowest BCUT2D eigenvalue weighted by atomic mass is 10.0. The van der Waals surface area contributed by atoms with E-state index in [1.165, 1.54) is 276 Å². The number of ether oxygens (including phenoxy) is 3. The summed E-state index contributed by atoms with van der Waals surface area (Å²) in [5, 5.41) is 20.8. The van der Waals surface area contributed by atoms with Crippen molar-refractivity contribution in [2.45, 2.75) is 501 Å². The number of esters is 3. The fraction of sp³-hybridized carbons (Fsp3) is 0.730. The van der Waals surface area contributed by atoms with Gasteiger partial charge in [-0.05, 0) is 161 Å². The largest absolute Gasteiger partial charge is 0.472 e. The Morgan fingerprint density at radius 3 is 0.632 bits per heavy atom. The Morgan fingerprint density at radius 1 is 0.218 bits per heavy atom. The number of carbonyl (C=O) groups is 3. The van der Waals surface area contributed by atoms with Crippen molar-refractivity contribution in [3.63, 3.8) is 0 Å². The van der Waals surface area contributed by atoms with E-state index in [-0.39, 0.29) is 19.3 Å². The van der Waals surface area contributed by atoms with Gasteiger partial charge >= 0.3 is 33.6 Å². The van der Waals surface area contributed by atoms with Crippen LogP contribution in [0.1, 0.15) is 483 Å². The van der Waals surface area contributed by atoms with E-state index in [4.69, 9.17) is 32.3 Å². The van der Waals surface area contributed by atoms with Crippen LogP contribution in [-0.2, 0) is 55.8 Å². The topological polar surface area (TPSA) is 231 Å². The summed E-state index contributed by atoms with van der Waals surface area (Å²) in [4.78, 5) is 59.3. The molecular weight excluding hydrogens is 1700 g/mol. The number of aliphatic hydroxyl groups excluding tert-OH is 2. The SMILES string of the molecule is CC/C=C\C/C=C\C/C=C\C/C=C\C/C=C\C/C=C\CCCCCCCCCCCCCCCCC(=O)OCC(O)COP(=O)(O)OCC(O)COP(=O)(O)OCC(COC(=O)CCCCCCCCCCCCCCCCCCC/C=C\C/C=C\C/C=C\C/C=C\CCCCC)OC(=O)CCCCCCCCCCCCCCCCC/C=C\C/C=C\C/C=C\C/C=C\CCCCC. The third-order valence-electron chi connectivity index (χ3n) is 23.4. The first-order valence-corrected chi connectivity index (χ1v) is 57.4. The Hall–Kier alpha value is -5.09. The molecule has 0 aromatic heterocycles. The standard InChI is InChI=1S/C115H200O16P2/c1-4-7-10-13-16-19-22-25-28-31-34-37-40-43-46-49-52-54-57-59-62-65-68-71-74-77-80-83-86-89-92-95-98-101-113(118)125-104-110(116)105-127-132(121,122)128-106-111(117)107-129-133(123,124)130-109-112(131-115(120)103-100-97-94-91-88-85-82-79-76-73-70-67-64-61-56-51-48-45-42-39-36-33-30-27-24-21-18-15-12-9-6-3)108-126-114(119)102-99-96-93-90-87-84-81-78-75-72-69-66-63-60-58-55-53-50-47-44-41-38-35-32-29-26-23-20-17-14-11-8-5-2/h7,10,16-21,25-30,34-39,43-48,52,54,110-112,116-117H,4-6,8-9,11-15,22-24,31-33,40-42,49-51,53,55-109H2,1-3H3,(H,121,122)(H,123,124)/b10-7-,19-16-,20-17-,21-18-,28-25-,29-26-,30-27-,37-34-,38-35-,39-36-,46-43-,47-44-,48-45-,54-52-. The van der Waals surface area contributed by atoms with Crippen molar-refractivity contribution in [2.75, 3.05) is 39.6 Å². The van der Waals surface area contributed by atoms with Crippen LogP contribution in [0.15, 0.2) is 170 Å². The van der Waals surface area contributed by atoms with Crippen LogP contribution in [0.25, 0.3) is 0 Å². The van der Waals surface area contributed by atoms with E-state index < -0.39 is 91.5 Å². The van der Waals surface area contributed by atoms with E-state index in [1.54, 1.807) is 0 Å². The molecule has 0 fully saturated rings. The summed E-state index contributed by atoms with van der Waals surface area (Å²) in [5.74, 6) is -1.55. The molecule has 0 radical (unpaired) electrons. The molecule has 133 heavy (non-hydrogen) atoms. The predicted molar refractivity (Wildman–Crippen MR) is 565 cm³/mol. The highest BCUT2D eigenvalue weighted by molar-refractivity contribution is 7.47. The molecule has 4 N–H and O–H groups in total. The number of allylic oxidation sites excluding steroid dienone is 28. The zero-order valence-corrected chi connectivity index (χ0v) is 86.9. The summed E-state index contributed by atoms with van der Waals surface area (Å²) >= 11 is 0. The van der Waals surface area contributed by atoms with E-state index in [2.05, 4.69) is 191 Å². The van der Waals surface area contributed by atoms with Crippen LogP contribution in [0.4, 0.5) is 0 Å². The van der Waals surface area contributed by atoms with E-state index in [0.717, 1.165) is 148 Å². The van der Waals surface area contributed by atoms with Gasteiger partial charge in [0.25, 0.3) is 0 Å². The van der Waals surface area contributed by atoms with Gasteiger partial charge in [0, 0.05) is 19.3 Å². The summed E-state index contributed by atoms with van der Waals surface area (Å²) in [5.41, 5.74) is 0. The number of hydrogen-bond acceptors (Lipinski definition) is 14. The number of unbranched alkanes of at least 4 members (excludes halogenated alkanes) is 52. The van der Waals surface area contributed by atoms with Crippen LogP contribution < -0.4 is 0 Å². The molecule has 0 aliphatic rings. The Morgan fingerprint density at radius 2 is 0.398 bits per heavy atom. The highest BCUT2D eigenvalue weighted by Crippen LogP contribution is 2.45. The summed E-state index contributed by atoms with van der Waals surface area (Å²) in [6, 6.07) is 0. The lowest BCUT2D eigenvalue weighted by Gasteiger charge is -2.21. The number of phosphoric acid groups is 2. The Bertz CT molecular complexity index is 3100. The molecule has 16 nitrogen and oxygen atoms in total. The van der Waals surface area contributed by atoms with E-state index in [1.807, 2.05) is 0 Å². The molecule has 5 unspecified atom stereocenters. The maximum atomic E-state index is 13.2. The van der Waals surface area contributed by atoms with Crippen LogP contribution in [-0.4, -0.2) is 95.9 Å². The fourth-order valence-corrected chi connectivity index (χ4v) is 16.8. The van der Waals surface area contributed by atoms with E-state index in [0.29, 0.717) is 19.3 Å². The molecule has 0 aromatic carbocycles. The minimum Gasteiger partial charge on any atom is -0.463 e. The summed E-state index contributed by atoms with van der Waals surface area (Å²) < 4.78 is 61.8. The van der Waals surface area contributed by atoms with Gasteiger partial charge < -0.3 is 34.2 Å². The molecular formula is C115H200O16P2. The summed E-state index contributed by atoms with van der Waals surface area (Å²) in [6.45, 7) is 2.61. The number of hydrogen-bond donors (Lipinski definition) is 4. The van der Waals surface area contributed by atoms with Crippen molar-refractivity contribution in [1.82, 2.24) is 0 Å². The van der Waals surface area contributed by atoms with Crippen molar-refractivity contribution in [3.8, 4) is 0 Å². The van der Waals surface area contributed by atoms with Crippen molar-refractivity contribution >= 4 is 33.6 Å². The molecule has 0 aliphatic heterocycles. The van der Waals surface area contributed by atoms with Crippen molar-refractivity contribution in [2.24, 2.45) is 0 Å². The van der Waals surface area contributed by atoms with Gasteiger partial charge in [-0.3, -0.25) is 32.5 Å². The van der Waals surface area contributed by atoms with Gasteiger partial charge in [0.1, 0.15) is 25.4 Å². The zero-order chi connectivity index (χ0) is 96.4. The molecule has 5 atom stereocenters. The van der Waals surface area contributed by atoms with E-state index in [9.17, 15) is 43.5 Å². The molecule has 0 rings (SSSR count). The fourth-order valence-electron chi connectivity index (χ4n) is 15.2. The summed E-state index contributed by atoms with van der Waals surface area (Å²) in [6.07, 6.45) is 140. The van der Waals surface area contributed by atoms with Crippen LogP contribution in [0.5, 0.6) is 0 Å². The molecule has 766 valence electrons. The summed E-state index contributed by atoms with van der Waals surface area (Å²) in [7, 11) is -9.82. The number of phosphoric ester groups is 2. The monoisotopic (exact) mass is 1900 g/mol. The highest BCUT2D eigenvalue weighted by atomic mass is 31.2. The third-order valence-corrected chi connectivity index (χ3v) is 25.3. The minimum atomic E-state index is -4.95. The van der Waals surface area contributed by atoms with Gasteiger partial charge in [-0.25, -0.2) is 9.13 Å². The lowest BCUT2D eigenvalue weighted by Crippen LogP contribution is -2.30. The van der Waals surface area contributed by atoms with Crippen LogP contribution in [0.3, 0.4) is 0 Å². The zero-order valence-electron chi connectivity index (χ0n) is 85.1. The Balaban J connectivity index is 4.61. The molecule has 18 heteroatoms. The molecule has 0 amide bonds. The van der Waals surface area contributed by atoms with Crippen LogP contribution >= 0.6 is 15.6 Å². The normalized spacial score (nSPS) is 14.2. The molecule has 0 heterocycles. The van der Waals surface area contributed by atoms with Crippen LogP contribution in [0, 0.1) is 0 Å². The number of aliphatic hydroxyl groups is 2. The molecule has 0 aliphatic carbocycles. The second-order valence-corrected chi connectivity index (χ2v) is 39.3. The smallest absolute Gasteiger partial charge is 0.463 e. The first-order chi connectivity index (χ1) is 65.2. The van der Waals surface area contributed by atoms with Gasteiger partial charge in [0.05, 0.1) is 26.4 Å². The lowest BCUT2D eigenvalue weighted by molar-refractivity contribution is -0.161. The van der Waals surface area contributed by atoms with Gasteiger partial charge in [0.2, 0.25) is 0 Å². The molecule has 0 bridgehead atoms. The van der Waals surface area contributed by atoms with E-state index >= 15 is 0 Å². The molecule has 0 aromatic rings. The molecule has 0 spiro atoms. The Labute approximate surface area is 815 Å². The van der Waals surface area contributed by atoms with Gasteiger partial charge in [0.15, 0.2) is 6.10 Å². The van der Waals surface area contributed by atoms with Gasteiger partial charge in [-0.1, -0.05) is 473 Å². The Kier molecular flexibility index (Phi) is 102. The average Bonchev–Trinajstić information content (AvgIpc) is 0.896.